The lowest BCUT2D eigenvalue weighted by Gasteiger charge is -2.25. The van der Waals surface area contributed by atoms with Gasteiger partial charge >= 0.3 is 0 Å². The maximum Gasteiger partial charge on any atom is 0.260 e. The Balaban J connectivity index is 1.48. The molecule has 2 aliphatic rings. The first kappa shape index (κ1) is 20.0. The second-order valence-electron chi connectivity index (χ2n) is 7.75. The van der Waals surface area contributed by atoms with Crippen LogP contribution in [-0.4, -0.2) is 50.4 Å². The van der Waals surface area contributed by atoms with E-state index in [2.05, 4.69) is 34.2 Å². The largest absolute Gasteiger partial charge is 0.362 e. The first-order valence-corrected chi connectivity index (χ1v) is 10.9. The summed E-state index contributed by atoms with van der Waals surface area (Å²) < 4.78 is 1.91. The van der Waals surface area contributed by atoms with Crippen LogP contribution in [0.3, 0.4) is 0 Å². The van der Waals surface area contributed by atoms with Gasteiger partial charge < -0.3 is 9.47 Å². The van der Waals surface area contributed by atoms with Gasteiger partial charge in [0, 0.05) is 18.7 Å². The monoisotopic (exact) mass is 434 g/mol. The molecule has 31 heavy (non-hydrogen) atoms. The molecule has 2 aliphatic heterocycles. The fourth-order valence-corrected chi connectivity index (χ4v) is 4.63. The molecule has 5 heterocycles. The summed E-state index contributed by atoms with van der Waals surface area (Å²) in [7, 11) is 2.17. The van der Waals surface area contributed by atoms with E-state index in [4.69, 9.17) is 16.6 Å². The topological polar surface area (TPSA) is 80.0 Å². The molecule has 0 aromatic carbocycles. The number of fused-ring (bicyclic) bond motifs is 1. The summed E-state index contributed by atoms with van der Waals surface area (Å²) in [6.45, 7) is 6.07. The molecular weight excluding hydrogens is 413 g/mol. The number of anilines is 2. The van der Waals surface area contributed by atoms with Gasteiger partial charge in [0.1, 0.15) is 36.1 Å². The molecule has 3 aromatic heterocycles. The van der Waals surface area contributed by atoms with Crippen LogP contribution in [0, 0.1) is 0 Å². The van der Waals surface area contributed by atoms with Crippen molar-refractivity contribution in [3.63, 3.8) is 0 Å². The van der Waals surface area contributed by atoms with Gasteiger partial charge in [-0.15, -0.1) is 10.2 Å². The molecule has 1 radical (unpaired) electrons. The van der Waals surface area contributed by atoms with Crippen molar-refractivity contribution in [1.82, 2.24) is 24.7 Å². The standard InChI is InChI=1S/C21H22BClN7O/c1-3-28-12-24-27-20(28)15-6-4-8-17(25-15)30-11-14-13(21(30)31)10-18(26-19(14)23)29-9-5-7-16(29)22-2/h4,6,8,10,12,16H,3,5,7,9,11H2,1-2H3. The number of aromatic nitrogens is 5. The van der Waals surface area contributed by atoms with E-state index in [1.165, 1.54) is 0 Å². The highest BCUT2D eigenvalue weighted by molar-refractivity contribution is 6.37. The van der Waals surface area contributed by atoms with Gasteiger partial charge in [-0.3, -0.25) is 9.69 Å². The molecule has 157 valence electrons. The molecule has 10 heteroatoms. The van der Waals surface area contributed by atoms with E-state index >= 15 is 0 Å². The van der Waals surface area contributed by atoms with Crippen LogP contribution in [-0.2, 0) is 13.1 Å². The smallest absolute Gasteiger partial charge is 0.260 e. The lowest BCUT2D eigenvalue weighted by Crippen LogP contribution is -2.33. The molecule has 0 saturated carbocycles. The summed E-state index contributed by atoms with van der Waals surface area (Å²) in [6.07, 6.45) is 3.86. The Morgan fingerprint density at radius 2 is 2.13 bits per heavy atom. The van der Waals surface area contributed by atoms with Crippen LogP contribution in [0.4, 0.5) is 11.6 Å². The predicted octanol–water partition coefficient (Wildman–Crippen LogP) is 3.25. The first-order valence-electron chi connectivity index (χ1n) is 10.5. The van der Waals surface area contributed by atoms with Crippen LogP contribution in [0.25, 0.3) is 11.5 Å². The number of rotatable bonds is 5. The highest BCUT2D eigenvalue weighted by Gasteiger charge is 2.34. The molecule has 0 spiro atoms. The van der Waals surface area contributed by atoms with E-state index in [0.717, 1.165) is 37.3 Å². The minimum atomic E-state index is -0.113. The molecular formula is C21H22BClN7O. The molecule has 0 bridgehead atoms. The Kier molecular flexibility index (Phi) is 5.13. The molecule has 1 fully saturated rings. The first-order chi connectivity index (χ1) is 15.1. The number of aryl methyl sites for hydroxylation is 1. The average molecular weight is 435 g/mol. The number of carbonyl (C=O) groups is 1. The van der Waals surface area contributed by atoms with E-state index in [0.29, 0.717) is 40.5 Å². The molecule has 0 aliphatic carbocycles. The summed E-state index contributed by atoms with van der Waals surface area (Å²) in [5, 5.41) is 8.53. The van der Waals surface area contributed by atoms with Crippen molar-refractivity contribution in [1.29, 1.82) is 0 Å². The van der Waals surface area contributed by atoms with Crippen LogP contribution in [0.15, 0.2) is 30.6 Å². The van der Waals surface area contributed by atoms with Gasteiger partial charge in [-0.1, -0.05) is 24.5 Å². The van der Waals surface area contributed by atoms with E-state index in [1.807, 2.05) is 35.8 Å². The second kappa shape index (κ2) is 7.96. The number of hydrogen-bond acceptors (Lipinski definition) is 6. The van der Waals surface area contributed by atoms with Gasteiger partial charge in [0.15, 0.2) is 5.82 Å². The van der Waals surface area contributed by atoms with Crippen LogP contribution in [0.2, 0.25) is 12.0 Å². The van der Waals surface area contributed by atoms with Crippen molar-refractivity contribution in [3.8, 4) is 11.5 Å². The highest BCUT2D eigenvalue weighted by atomic mass is 35.5. The normalized spacial score (nSPS) is 18.0. The number of pyridine rings is 2. The summed E-state index contributed by atoms with van der Waals surface area (Å²) in [5.41, 5.74) is 2.01. The average Bonchev–Trinajstić information content (AvgIpc) is 3.52. The Hall–Kier alpha value is -2.94. The fourth-order valence-electron chi connectivity index (χ4n) is 4.38. The fraction of sp³-hybridized carbons (Fsp3) is 0.381. The molecule has 3 aromatic rings. The summed E-state index contributed by atoms with van der Waals surface area (Å²) >= 11 is 6.55. The van der Waals surface area contributed by atoms with E-state index < -0.39 is 0 Å². The second-order valence-corrected chi connectivity index (χ2v) is 8.10. The summed E-state index contributed by atoms with van der Waals surface area (Å²) in [6, 6.07) is 7.45. The van der Waals surface area contributed by atoms with Gasteiger partial charge in [0.2, 0.25) is 0 Å². The zero-order valence-electron chi connectivity index (χ0n) is 17.5. The minimum Gasteiger partial charge on any atom is -0.362 e. The predicted molar refractivity (Wildman–Crippen MR) is 121 cm³/mol. The highest BCUT2D eigenvalue weighted by Crippen LogP contribution is 2.35. The van der Waals surface area contributed by atoms with Gasteiger partial charge in [-0.05, 0) is 43.9 Å². The Morgan fingerprint density at radius 3 is 2.94 bits per heavy atom. The van der Waals surface area contributed by atoms with E-state index in [9.17, 15) is 4.79 Å². The van der Waals surface area contributed by atoms with Gasteiger partial charge in [-0.2, -0.15) is 0 Å². The third-order valence-corrected chi connectivity index (χ3v) is 6.34. The van der Waals surface area contributed by atoms with Gasteiger partial charge in [-0.25, -0.2) is 9.97 Å². The van der Waals surface area contributed by atoms with Crippen LogP contribution in [0.1, 0.15) is 35.7 Å². The number of nitrogens with zero attached hydrogens (tertiary/aromatic N) is 7. The molecule has 1 unspecified atom stereocenters. The molecule has 8 nitrogen and oxygen atoms in total. The summed E-state index contributed by atoms with van der Waals surface area (Å²) in [5.74, 6) is 2.20. The Bertz CT molecular complexity index is 1150. The quantitative estimate of drug-likeness (QED) is 0.453. The molecule has 1 amide bonds. The third kappa shape index (κ3) is 3.37. The molecule has 1 saturated heterocycles. The number of halogens is 1. The summed E-state index contributed by atoms with van der Waals surface area (Å²) in [4.78, 5) is 26.5. The van der Waals surface area contributed by atoms with Crippen LogP contribution in [0.5, 0.6) is 0 Å². The minimum absolute atomic E-state index is 0.113. The van der Waals surface area contributed by atoms with Gasteiger partial charge in [0.05, 0.1) is 12.1 Å². The van der Waals surface area contributed by atoms with E-state index in [-0.39, 0.29) is 5.91 Å². The molecule has 0 N–H and O–H groups in total. The Labute approximate surface area is 186 Å². The van der Waals surface area contributed by atoms with Crippen molar-refractivity contribution < 1.29 is 4.79 Å². The van der Waals surface area contributed by atoms with Crippen molar-refractivity contribution in [2.45, 2.75) is 45.6 Å². The lowest BCUT2D eigenvalue weighted by atomic mass is 9.71. The van der Waals surface area contributed by atoms with Gasteiger partial charge in [0.25, 0.3) is 5.91 Å². The van der Waals surface area contributed by atoms with Crippen molar-refractivity contribution in [2.24, 2.45) is 0 Å². The van der Waals surface area contributed by atoms with Crippen molar-refractivity contribution in [2.75, 3.05) is 16.3 Å². The third-order valence-electron chi connectivity index (χ3n) is 6.03. The number of amides is 1. The maximum atomic E-state index is 13.3. The SMILES string of the molecule is C[B]C1CCCN1c1cc2c(c(Cl)n1)CN(c1cccc(-c3nncn3CC)n1)C2=O. The van der Waals surface area contributed by atoms with Crippen molar-refractivity contribution in [3.05, 3.63) is 46.9 Å². The van der Waals surface area contributed by atoms with E-state index in [1.54, 1.807) is 11.2 Å². The van der Waals surface area contributed by atoms with Crippen LogP contribution >= 0.6 is 11.6 Å². The number of carbonyl (C=O) groups excluding carboxylic acids is 1. The number of hydrogen-bond donors (Lipinski definition) is 0. The molecule has 5 rings (SSSR count). The zero-order valence-corrected chi connectivity index (χ0v) is 18.2. The molecule has 1 atom stereocenters. The van der Waals surface area contributed by atoms with Crippen molar-refractivity contribution >= 4 is 36.4 Å². The maximum absolute atomic E-state index is 13.3. The zero-order chi connectivity index (χ0) is 21.5. The lowest BCUT2D eigenvalue weighted by molar-refractivity contribution is 0.0996. The Morgan fingerprint density at radius 1 is 1.26 bits per heavy atom. The van der Waals surface area contributed by atoms with Crippen LogP contribution < -0.4 is 9.80 Å².